The molecule has 0 saturated carbocycles. The van der Waals surface area contributed by atoms with Crippen molar-refractivity contribution in [3.63, 3.8) is 0 Å². The number of carbonyl (C=O) groups excluding carboxylic acids is 1. The molecular formula is C18H15ClN2O3S2. The molecule has 1 N–H and O–H groups in total. The number of carboxylic acid groups (broad SMARTS) is 1. The van der Waals surface area contributed by atoms with Crippen molar-refractivity contribution < 1.29 is 14.7 Å². The number of amides is 1. The number of thioether (sulfide) groups is 1. The summed E-state index contributed by atoms with van der Waals surface area (Å²) in [5.74, 6) is -1.12. The van der Waals surface area contributed by atoms with Crippen molar-refractivity contribution in [1.29, 1.82) is 0 Å². The van der Waals surface area contributed by atoms with E-state index < -0.39 is 5.97 Å². The maximum absolute atomic E-state index is 12.6. The first-order valence-electron chi connectivity index (χ1n) is 7.89. The topological polar surface area (TPSA) is 70.5 Å². The summed E-state index contributed by atoms with van der Waals surface area (Å²) in [6.45, 7) is 2.27. The molecule has 0 spiro atoms. The average Bonchev–Trinajstić information content (AvgIpc) is 2.83. The Labute approximate surface area is 165 Å². The summed E-state index contributed by atoms with van der Waals surface area (Å²) in [6, 6.07) is 7.79. The van der Waals surface area contributed by atoms with Gasteiger partial charge in [-0.3, -0.25) is 14.5 Å². The average molecular weight is 407 g/mol. The predicted molar refractivity (Wildman–Crippen MR) is 108 cm³/mol. The van der Waals surface area contributed by atoms with Gasteiger partial charge in [0, 0.05) is 23.9 Å². The Balaban J connectivity index is 1.85. The Hall–Kier alpha value is -1.96. The van der Waals surface area contributed by atoms with Gasteiger partial charge < -0.3 is 5.11 Å². The number of thiocarbonyl (C=S) groups is 1. The highest BCUT2D eigenvalue weighted by Gasteiger charge is 2.31. The van der Waals surface area contributed by atoms with Gasteiger partial charge in [0.05, 0.1) is 10.4 Å². The second-order valence-electron chi connectivity index (χ2n) is 5.90. The van der Waals surface area contributed by atoms with Gasteiger partial charge in [0.25, 0.3) is 5.91 Å². The predicted octanol–water partition coefficient (Wildman–Crippen LogP) is 4.26. The highest BCUT2D eigenvalue weighted by Crippen LogP contribution is 2.34. The zero-order chi connectivity index (χ0) is 18.8. The first kappa shape index (κ1) is 18.8. The van der Waals surface area contributed by atoms with Crippen molar-refractivity contribution >= 4 is 68.8 Å². The van der Waals surface area contributed by atoms with Gasteiger partial charge in [-0.05, 0) is 37.1 Å². The van der Waals surface area contributed by atoms with Gasteiger partial charge in [-0.1, -0.05) is 47.7 Å². The lowest BCUT2D eigenvalue weighted by Crippen LogP contribution is -2.29. The summed E-state index contributed by atoms with van der Waals surface area (Å²) >= 11 is 12.7. The van der Waals surface area contributed by atoms with Gasteiger partial charge >= 0.3 is 5.97 Å². The Morgan fingerprint density at radius 1 is 1.42 bits per heavy atom. The molecule has 1 aliphatic rings. The molecule has 0 unspecified atom stereocenters. The molecule has 0 bridgehead atoms. The summed E-state index contributed by atoms with van der Waals surface area (Å²) in [5, 5.41) is 9.98. The fraction of sp³-hybridized carbons (Fsp3) is 0.222. The molecule has 26 heavy (non-hydrogen) atoms. The summed E-state index contributed by atoms with van der Waals surface area (Å²) in [7, 11) is 0. The number of aliphatic carboxylic acids is 1. The molecule has 3 rings (SSSR count). The SMILES string of the molecule is Cc1ccc2cc(C=C3SC(=S)N(CCCC(=O)O)C3=O)c(Cl)nc2c1. The summed E-state index contributed by atoms with van der Waals surface area (Å²) in [6.07, 6.45) is 2.04. The molecule has 2 heterocycles. The number of pyridine rings is 1. The highest BCUT2D eigenvalue weighted by molar-refractivity contribution is 8.26. The van der Waals surface area contributed by atoms with E-state index in [2.05, 4.69) is 4.98 Å². The van der Waals surface area contributed by atoms with E-state index in [-0.39, 0.29) is 18.9 Å². The smallest absolute Gasteiger partial charge is 0.303 e. The van der Waals surface area contributed by atoms with E-state index in [9.17, 15) is 9.59 Å². The molecule has 2 aromatic rings. The lowest BCUT2D eigenvalue weighted by molar-refractivity contribution is -0.137. The molecule has 1 aliphatic heterocycles. The van der Waals surface area contributed by atoms with Crippen LogP contribution in [-0.4, -0.2) is 37.7 Å². The third-order valence-electron chi connectivity index (χ3n) is 3.89. The number of nitrogens with zero attached hydrogens (tertiary/aromatic N) is 2. The fourth-order valence-corrected chi connectivity index (χ4v) is 4.09. The van der Waals surface area contributed by atoms with Gasteiger partial charge in [0.1, 0.15) is 9.47 Å². The van der Waals surface area contributed by atoms with Crippen molar-refractivity contribution in [2.24, 2.45) is 0 Å². The van der Waals surface area contributed by atoms with E-state index in [0.717, 1.165) is 16.5 Å². The monoisotopic (exact) mass is 406 g/mol. The molecule has 1 aromatic carbocycles. The molecule has 1 saturated heterocycles. The van der Waals surface area contributed by atoms with Crippen LogP contribution in [-0.2, 0) is 9.59 Å². The van der Waals surface area contributed by atoms with Crippen LogP contribution < -0.4 is 0 Å². The fourth-order valence-electron chi connectivity index (χ4n) is 2.59. The van der Waals surface area contributed by atoms with Gasteiger partial charge in [-0.15, -0.1) is 0 Å². The molecule has 1 amide bonds. The number of aromatic nitrogens is 1. The van der Waals surface area contributed by atoms with Crippen LogP contribution in [0.4, 0.5) is 0 Å². The largest absolute Gasteiger partial charge is 0.481 e. The van der Waals surface area contributed by atoms with E-state index in [0.29, 0.717) is 26.4 Å². The molecule has 0 atom stereocenters. The molecular weight excluding hydrogens is 392 g/mol. The lowest BCUT2D eigenvalue weighted by Gasteiger charge is -2.13. The van der Waals surface area contributed by atoms with E-state index in [1.54, 1.807) is 6.08 Å². The van der Waals surface area contributed by atoms with Crippen LogP contribution in [0, 0.1) is 6.92 Å². The second kappa shape index (κ2) is 7.73. The third-order valence-corrected chi connectivity index (χ3v) is 5.57. The summed E-state index contributed by atoms with van der Waals surface area (Å²) < 4.78 is 0.423. The minimum Gasteiger partial charge on any atom is -0.481 e. The second-order valence-corrected chi connectivity index (χ2v) is 7.93. The Bertz CT molecular complexity index is 959. The molecule has 0 aliphatic carbocycles. The molecule has 134 valence electrons. The number of halogens is 1. The number of hydrogen-bond acceptors (Lipinski definition) is 5. The quantitative estimate of drug-likeness (QED) is 0.454. The van der Waals surface area contributed by atoms with Crippen LogP contribution in [0.25, 0.3) is 17.0 Å². The van der Waals surface area contributed by atoms with Gasteiger partial charge in [-0.2, -0.15) is 0 Å². The first-order chi connectivity index (χ1) is 12.3. The van der Waals surface area contributed by atoms with Crippen LogP contribution in [0.1, 0.15) is 24.0 Å². The zero-order valence-electron chi connectivity index (χ0n) is 13.9. The number of carbonyl (C=O) groups is 2. The van der Waals surface area contributed by atoms with Crippen LogP contribution >= 0.6 is 35.6 Å². The van der Waals surface area contributed by atoms with E-state index in [4.69, 9.17) is 28.9 Å². The molecule has 1 aromatic heterocycles. The maximum atomic E-state index is 12.6. The minimum atomic E-state index is -0.893. The van der Waals surface area contributed by atoms with Crippen molar-refractivity contribution in [1.82, 2.24) is 9.88 Å². The van der Waals surface area contributed by atoms with Crippen LogP contribution in [0.15, 0.2) is 29.2 Å². The Morgan fingerprint density at radius 2 is 2.19 bits per heavy atom. The summed E-state index contributed by atoms with van der Waals surface area (Å²) in [4.78, 5) is 29.5. The van der Waals surface area contributed by atoms with E-state index >= 15 is 0 Å². The van der Waals surface area contributed by atoms with Crippen LogP contribution in [0.3, 0.4) is 0 Å². The van der Waals surface area contributed by atoms with Crippen LogP contribution in [0.2, 0.25) is 5.15 Å². The van der Waals surface area contributed by atoms with Gasteiger partial charge in [0.15, 0.2) is 0 Å². The number of fused-ring (bicyclic) bond motifs is 1. The number of hydrogen-bond donors (Lipinski definition) is 1. The highest BCUT2D eigenvalue weighted by atomic mass is 35.5. The maximum Gasteiger partial charge on any atom is 0.303 e. The third kappa shape index (κ3) is 4.06. The lowest BCUT2D eigenvalue weighted by atomic mass is 10.1. The van der Waals surface area contributed by atoms with E-state index in [1.807, 2.05) is 31.2 Å². The van der Waals surface area contributed by atoms with E-state index in [1.165, 1.54) is 16.7 Å². The molecule has 1 fully saturated rings. The Morgan fingerprint density at radius 3 is 2.92 bits per heavy atom. The Kier molecular flexibility index (Phi) is 5.60. The number of rotatable bonds is 5. The molecule has 5 nitrogen and oxygen atoms in total. The number of aryl methyl sites for hydroxylation is 1. The summed E-state index contributed by atoms with van der Waals surface area (Å²) in [5.41, 5.74) is 2.54. The molecule has 8 heteroatoms. The van der Waals surface area contributed by atoms with Gasteiger partial charge in [-0.25, -0.2) is 4.98 Å². The van der Waals surface area contributed by atoms with Crippen molar-refractivity contribution in [2.75, 3.05) is 6.54 Å². The minimum absolute atomic E-state index is 0.00402. The zero-order valence-corrected chi connectivity index (χ0v) is 16.2. The van der Waals surface area contributed by atoms with Crippen LogP contribution in [0.5, 0.6) is 0 Å². The number of carboxylic acids is 1. The first-order valence-corrected chi connectivity index (χ1v) is 9.49. The normalized spacial score (nSPS) is 16.1. The molecule has 0 radical (unpaired) electrons. The van der Waals surface area contributed by atoms with Gasteiger partial charge in [0.2, 0.25) is 0 Å². The van der Waals surface area contributed by atoms with Crippen molar-refractivity contribution in [2.45, 2.75) is 19.8 Å². The number of benzene rings is 1. The van der Waals surface area contributed by atoms with Crippen molar-refractivity contribution in [3.05, 3.63) is 45.5 Å². The van der Waals surface area contributed by atoms with Crippen molar-refractivity contribution in [3.8, 4) is 0 Å². The standard InChI is InChI=1S/C18H15ClN2O3S2/c1-10-4-5-11-8-12(16(19)20-13(11)7-10)9-14-17(24)21(18(25)26-14)6-2-3-15(22)23/h4-5,7-9H,2-3,6H2,1H3,(H,22,23).